The molecule has 0 saturated carbocycles. The third kappa shape index (κ3) is 26.3. The van der Waals surface area contributed by atoms with E-state index in [0.717, 1.165) is 0 Å². The first-order valence-electron chi connectivity index (χ1n) is 13.2. The summed E-state index contributed by atoms with van der Waals surface area (Å²) in [4.78, 5) is 0. The van der Waals surface area contributed by atoms with Gasteiger partial charge in [0.1, 0.15) is 0 Å². The van der Waals surface area contributed by atoms with Gasteiger partial charge in [-0.1, -0.05) is 0 Å². The Morgan fingerprint density at radius 3 is 0.921 bits per heavy atom. The molecule has 0 aliphatic carbocycles. The first-order valence-corrected chi connectivity index (χ1v) is 15.6. The fourth-order valence-electron chi connectivity index (χ4n) is 2.79. The molecule has 0 radical (unpaired) electrons. The van der Waals surface area contributed by atoms with Gasteiger partial charge >= 0.3 is 8.80 Å². The molecule has 0 aromatic carbocycles. The van der Waals surface area contributed by atoms with E-state index in [4.69, 9.17) is 67.5 Å². The molecule has 0 fully saturated rings. The Balaban J connectivity index is 4.49. The Morgan fingerprint density at radius 1 is 0.395 bits per heavy atom. The minimum atomic E-state index is -3.04. The molecule has 0 unspecified atom stereocenters. The van der Waals surface area contributed by atoms with Gasteiger partial charge in [0, 0.05) is 33.3 Å². The minimum absolute atomic E-state index is 0.328. The zero-order valence-electron chi connectivity index (χ0n) is 23.6. The average molecular weight is 595 g/mol. The molecule has 0 N–H and O–H groups in total. The standard InChI is InChI=1S/C24H51ClO12Si/c1-26-6-9-29-12-15-32-18-21-35-38(24-4-5-25,36-22-19-33-16-13-30-10-7-27-2)37-23-20-34-17-14-31-11-8-28-3/h4-24H2,1-3H3. The molecular formula is C24H51ClO12Si. The normalized spacial score (nSPS) is 12.0. The summed E-state index contributed by atoms with van der Waals surface area (Å²) in [6, 6.07) is 0.580. The van der Waals surface area contributed by atoms with E-state index in [1.807, 2.05) is 0 Å². The Morgan fingerprint density at radius 2 is 0.658 bits per heavy atom. The van der Waals surface area contributed by atoms with Crippen molar-refractivity contribution in [1.82, 2.24) is 0 Å². The Bertz CT molecular complexity index is 402. The lowest BCUT2D eigenvalue weighted by atomic mass is 10.6. The van der Waals surface area contributed by atoms with Crippen LogP contribution < -0.4 is 0 Å². The van der Waals surface area contributed by atoms with Gasteiger partial charge in [-0.05, 0) is 6.42 Å². The first kappa shape index (κ1) is 38.0. The molecule has 0 aromatic rings. The number of ether oxygens (including phenoxy) is 9. The molecule has 0 amide bonds. The second kappa shape index (κ2) is 31.6. The van der Waals surface area contributed by atoms with E-state index in [1.54, 1.807) is 21.3 Å². The van der Waals surface area contributed by atoms with Gasteiger partial charge in [-0.2, -0.15) is 0 Å². The lowest BCUT2D eigenvalue weighted by Crippen LogP contribution is -2.48. The van der Waals surface area contributed by atoms with E-state index in [1.165, 1.54) is 0 Å². The predicted molar refractivity (Wildman–Crippen MR) is 144 cm³/mol. The van der Waals surface area contributed by atoms with Gasteiger partial charge in [0.25, 0.3) is 0 Å². The maximum Gasteiger partial charge on any atom is 0.501 e. The first-order chi connectivity index (χ1) is 18.7. The predicted octanol–water partition coefficient (Wildman–Crippen LogP) is 1.64. The number of halogens is 1. The lowest BCUT2D eigenvalue weighted by Gasteiger charge is -2.29. The summed E-state index contributed by atoms with van der Waals surface area (Å²) in [5.41, 5.74) is 0. The van der Waals surface area contributed by atoms with Crippen molar-refractivity contribution in [3.05, 3.63) is 0 Å². The van der Waals surface area contributed by atoms with Crippen LogP contribution in [0.25, 0.3) is 0 Å². The molecule has 0 aromatic heterocycles. The van der Waals surface area contributed by atoms with E-state index in [9.17, 15) is 0 Å². The minimum Gasteiger partial charge on any atom is -0.382 e. The van der Waals surface area contributed by atoms with Crippen molar-refractivity contribution in [2.75, 3.05) is 146 Å². The highest BCUT2D eigenvalue weighted by Crippen LogP contribution is 2.19. The maximum atomic E-state index is 6.18. The van der Waals surface area contributed by atoms with Crippen molar-refractivity contribution < 1.29 is 55.9 Å². The van der Waals surface area contributed by atoms with Crippen molar-refractivity contribution in [3.8, 4) is 0 Å². The highest BCUT2D eigenvalue weighted by molar-refractivity contribution is 6.60. The third-order valence-corrected chi connectivity index (χ3v) is 7.84. The summed E-state index contributed by atoms with van der Waals surface area (Å²) in [5.74, 6) is 0.477. The number of rotatable bonds is 33. The van der Waals surface area contributed by atoms with E-state index >= 15 is 0 Å². The van der Waals surface area contributed by atoms with E-state index in [-0.39, 0.29) is 0 Å². The third-order valence-electron chi connectivity index (χ3n) is 4.68. The molecule has 0 saturated heterocycles. The summed E-state index contributed by atoms with van der Waals surface area (Å²) < 4.78 is 66.4. The second-order valence-electron chi connectivity index (χ2n) is 7.67. The molecule has 38 heavy (non-hydrogen) atoms. The van der Waals surface area contributed by atoms with Gasteiger partial charge in [0.15, 0.2) is 0 Å². The van der Waals surface area contributed by atoms with Crippen LogP contribution in [0, 0.1) is 0 Å². The lowest BCUT2D eigenvalue weighted by molar-refractivity contribution is -0.0206. The molecule has 0 bridgehead atoms. The molecular weight excluding hydrogens is 544 g/mol. The van der Waals surface area contributed by atoms with Crippen LogP contribution in [-0.2, 0) is 55.9 Å². The number of hydrogen-bond donors (Lipinski definition) is 0. The van der Waals surface area contributed by atoms with Gasteiger partial charge in [0.2, 0.25) is 0 Å². The highest BCUT2D eigenvalue weighted by Gasteiger charge is 2.40. The maximum absolute atomic E-state index is 6.18. The van der Waals surface area contributed by atoms with Crippen molar-refractivity contribution in [2.24, 2.45) is 0 Å². The molecule has 0 heterocycles. The summed E-state index contributed by atoms with van der Waals surface area (Å²) in [7, 11) is 1.87. The summed E-state index contributed by atoms with van der Waals surface area (Å²) in [6.07, 6.45) is 0.699. The van der Waals surface area contributed by atoms with Crippen molar-refractivity contribution >= 4 is 20.4 Å². The number of methoxy groups -OCH3 is 3. The molecule has 0 atom stereocenters. The SMILES string of the molecule is COCCOCCOCCO[Si](CCCCl)(OCCOCCOCCOC)OCCOCCOCCOC. The van der Waals surface area contributed by atoms with Crippen LogP contribution in [0.2, 0.25) is 6.04 Å². The van der Waals surface area contributed by atoms with Crippen LogP contribution in [0.5, 0.6) is 0 Å². The van der Waals surface area contributed by atoms with Gasteiger partial charge in [-0.15, -0.1) is 11.6 Å². The average Bonchev–Trinajstić information content (AvgIpc) is 2.93. The van der Waals surface area contributed by atoms with Gasteiger partial charge in [-0.3, -0.25) is 0 Å². The Hall–Kier alpha value is 0.0269. The molecule has 0 aliphatic heterocycles. The molecule has 12 nitrogen and oxygen atoms in total. The Kier molecular flexibility index (Phi) is 31.6. The topological polar surface area (TPSA) is 111 Å². The van der Waals surface area contributed by atoms with Crippen molar-refractivity contribution in [1.29, 1.82) is 0 Å². The van der Waals surface area contributed by atoms with E-state index < -0.39 is 8.80 Å². The van der Waals surface area contributed by atoms with Crippen LogP contribution in [0.1, 0.15) is 6.42 Å². The summed E-state index contributed by atoms with van der Waals surface area (Å²) in [5, 5.41) is 0. The molecule has 14 heteroatoms. The fraction of sp³-hybridized carbons (Fsp3) is 1.00. The van der Waals surface area contributed by atoms with Crippen LogP contribution in [-0.4, -0.2) is 155 Å². The smallest absolute Gasteiger partial charge is 0.382 e. The van der Waals surface area contributed by atoms with Crippen LogP contribution in [0.3, 0.4) is 0 Å². The number of alkyl halides is 1. The van der Waals surface area contributed by atoms with Gasteiger partial charge in [-0.25, -0.2) is 0 Å². The largest absolute Gasteiger partial charge is 0.501 e. The summed E-state index contributed by atoms with van der Waals surface area (Å²) in [6.45, 7) is 8.30. The zero-order valence-corrected chi connectivity index (χ0v) is 25.4. The van der Waals surface area contributed by atoms with E-state index in [2.05, 4.69) is 0 Å². The molecule has 0 aliphatic rings. The van der Waals surface area contributed by atoms with Gasteiger partial charge in [0.05, 0.1) is 119 Å². The molecule has 0 rings (SSSR count). The molecule has 0 spiro atoms. The van der Waals surface area contributed by atoms with Crippen molar-refractivity contribution in [3.63, 3.8) is 0 Å². The number of hydrogen-bond acceptors (Lipinski definition) is 12. The van der Waals surface area contributed by atoms with Crippen LogP contribution >= 0.6 is 11.6 Å². The second-order valence-corrected chi connectivity index (χ2v) is 10.8. The van der Waals surface area contributed by atoms with E-state index in [0.29, 0.717) is 137 Å². The Labute approximate surface area is 235 Å². The highest BCUT2D eigenvalue weighted by atomic mass is 35.5. The fourth-order valence-corrected chi connectivity index (χ4v) is 5.62. The van der Waals surface area contributed by atoms with Crippen LogP contribution in [0.4, 0.5) is 0 Å². The van der Waals surface area contributed by atoms with Crippen molar-refractivity contribution in [2.45, 2.75) is 12.5 Å². The quantitative estimate of drug-likeness (QED) is 0.0625. The van der Waals surface area contributed by atoms with Gasteiger partial charge < -0.3 is 55.9 Å². The molecule has 230 valence electrons. The van der Waals surface area contributed by atoms with Crippen LogP contribution in [0.15, 0.2) is 0 Å². The summed E-state index contributed by atoms with van der Waals surface area (Å²) >= 11 is 5.98. The zero-order chi connectivity index (χ0) is 27.8. The monoisotopic (exact) mass is 594 g/mol.